The molecule has 6 nitrogen and oxygen atoms in total. The fourth-order valence-corrected chi connectivity index (χ4v) is 3.94. The number of carbonyl (C=O) groups is 1. The molecular weight excluding hydrogens is 350 g/mol. The highest BCUT2D eigenvalue weighted by Gasteiger charge is 2.33. The Morgan fingerprint density at radius 3 is 2.81 bits per heavy atom. The minimum atomic E-state index is -0.585. The van der Waals surface area contributed by atoms with Gasteiger partial charge in [-0.3, -0.25) is 4.79 Å². The molecule has 2 heterocycles. The van der Waals surface area contributed by atoms with Gasteiger partial charge in [-0.25, -0.2) is 4.98 Å². The highest BCUT2D eigenvalue weighted by atomic mass is 32.1. The van der Waals surface area contributed by atoms with Crippen molar-refractivity contribution in [2.24, 2.45) is 5.16 Å². The van der Waals surface area contributed by atoms with Crippen molar-refractivity contribution in [1.82, 2.24) is 4.98 Å². The van der Waals surface area contributed by atoms with Gasteiger partial charge in [0.2, 0.25) is 6.10 Å². The summed E-state index contributed by atoms with van der Waals surface area (Å²) in [5, 5.41) is 5.21. The van der Waals surface area contributed by atoms with Crippen LogP contribution in [0.5, 0.6) is 5.75 Å². The average molecular weight is 373 g/mol. The maximum Gasteiger partial charge on any atom is 0.270 e. The van der Waals surface area contributed by atoms with E-state index in [2.05, 4.69) is 10.1 Å². The number of thiazole rings is 1. The summed E-state index contributed by atoms with van der Waals surface area (Å²) in [5.41, 5.74) is 2.45. The number of hydrogen-bond donors (Lipinski definition) is 0. The molecule has 1 unspecified atom stereocenters. The number of carbonyl (C=O) groups excluding carboxylic acids is 1. The van der Waals surface area contributed by atoms with Gasteiger partial charge in [0.1, 0.15) is 5.75 Å². The van der Waals surface area contributed by atoms with Gasteiger partial charge >= 0.3 is 0 Å². The Labute approximate surface area is 157 Å². The van der Waals surface area contributed by atoms with Gasteiger partial charge in [-0.2, -0.15) is 0 Å². The second-order valence-corrected chi connectivity index (χ2v) is 7.43. The first kappa shape index (κ1) is 18.4. The third-order valence-corrected chi connectivity index (χ3v) is 5.50. The van der Waals surface area contributed by atoms with Crippen molar-refractivity contribution in [2.45, 2.75) is 39.7 Å². The number of anilines is 1. The summed E-state index contributed by atoms with van der Waals surface area (Å²) in [4.78, 5) is 25.6. The molecule has 0 bridgehead atoms. The fourth-order valence-electron chi connectivity index (χ4n) is 3.08. The number of para-hydroxylation sites is 2. The molecule has 1 saturated heterocycles. The van der Waals surface area contributed by atoms with Crippen LogP contribution in [0.15, 0.2) is 29.4 Å². The maximum atomic E-state index is 12.9. The van der Waals surface area contributed by atoms with E-state index in [1.807, 2.05) is 45.0 Å². The molecule has 1 aliphatic rings. The highest BCUT2D eigenvalue weighted by Crippen LogP contribution is 2.31. The van der Waals surface area contributed by atoms with Crippen molar-refractivity contribution < 1.29 is 14.4 Å². The van der Waals surface area contributed by atoms with Crippen molar-refractivity contribution in [1.29, 1.82) is 0 Å². The van der Waals surface area contributed by atoms with E-state index in [1.54, 1.807) is 23.3 Å². The standard InChI is InChI=1S/C19H23N3O3S/c1-12-18(26-14(3)20-12)13(2)21-25-17-10-7-11-22(19(17)23)15-8-5-6-9-16(15)24-4/h5-6,8-9,17H,7,10-11H2,1-4H3/b21-13+. The zero-order valence-electron chi connectivity index (χ0n) is 15.5. The van der Waals surface area contributed by atoms with Crippen LogP contribution in [0.1, 0.15) is 35.3 Å². The van der Waals surface area contributed by atoms with Gasteiger partial charge in [-0.05, 0) is 45.7 Å². The predicted octanol–water partition coefficient (Wildman–Crippen LogP) is 3.70. The number of nitrogens with zero attached hydrogens (tertiary/aromatic N) is 3. The topological polar surface area (TPSA) is 64.0 Å². The fraction of sp³-hybridized carbons (Fsp3) is 0.421. The summed E-state index contributed by atoms with van der Waals surface area (Å²) >= 11 is 1.58. The first-order valence-corrected chi connectivity index (χ1v) is 9.42. The molecule has 0 saturated carbocycles. The molecule has 1 atom stereocenters. The number of piperidine rings is 1. The van der Waals surface area contributed by atoms with E-state index >= 15 is 0 Å². The van der Waals surface area contributed by atoms with Crippen LogP contribution >= 0.6 is 11.3 Å². The molecule has 3 rings (SSSR count). The van der Waals surface area contributed by atoms with Crippen LogP contribution in [0.3, 0.4) is 0 Å². The Kier molecular flexibility index (Phi) is 5.56. The summed E-state index contributed by atoms with van der Waals surface area (Å²) in [5.74, 6) is 0.589. The van der Waals surface area contributed by atoms with Crippen molar-refractivity contribution >= 4 is 28.6 Å². The van der Waals surface area contributed by atoms with E-state index in [1.165, 1.54) is 0 Å². The SMILES string of the molecule is COc1ccccc1N1CCCC(O/N=C(\C)c2sc(C)nc2C)C1=O. The zero-order chi connectivity index (χ0) is 18.7. The molecule has 1 aromatic carbocycles. The van der Waals surface area contributed by atoms with Gasteiger partial charge in [0.25, 0.3) is 5.91 Å². The molecule has 0 spiro atoms. The van der Waals surface area contributed by atoms with Gasteiger partial charge in [-0.15, -0.1) is 11.3 Å². The van der Waals surface area contributed by atoms with Crippen LogP contribution in [0.4, 0.5) is 5.69 Å². The van der Waals surface area contributed by atoms with Gasteiger partial charge < -0.3 is 14.5 Å². The maximum absolute atomic E-state index is 12.9. The van der Waals surface area contributed by atoms with Gasteiger partial charge in [-0.1, -0.05) is 17.3 Å². The minimum Gasteiger partial charge on any atom is -0.495 e. The second kappa shape index (κ2) is 7.86. The third kappa shape index (κ3) is 3.72. The summed E-state index contributed by atoms with van der Waals surface area (Å²) in [6, 6.07) is 7.52. The number of ether oxygens (including phenoxy) is 1. The Morgan fingerprint density at radius 1 is 1.35 bits per heavy atom. The van der Waals surface area contributed by atoms with Crippen LogP contribution in [-0.2, 0) is 9.63 Å². The largest absolute Gasteiger partial charge is 0.495 e. The van der Waals surface area contributed by atoms with Gasteiger partial charge in [0, 0.05) is 6.54 Å². The lowest BCUT2D eigenvalue weighted by molar-refractivity contribution is -0.132. The number of amides is 1. The van der Waals surface area contributed by atoms with Crippen molar-refractivity contribution in [3.05, 3.63) is 39.8 Å². The molecule has 7 heteroatoms. The number of aryl methyl sites for hydroxylation is 2. The lowest BCUT2D eigenvalue weighted by Crippen LogP contribution is -2.45. The Bertz CT molecular complexity index is 831. The Hall–Kier alpha value is -2.41. The summed E-state index contributed by atoms with van der Waals surface area (Å²) in [6.45, 7) is 6.44. The minimum absolute atomic E-state index is 0.0884. The number of oxime groups is 1. The molecule has 1 amide bonds. The molecule has 0 N–H and O–H groups in total. The molecule has 1 fully saturated rings. The smallest absolute Gasteiger partial charge is 0.270 e. The Morgan fingerprint density at radius 2 is 2.12 bits per heavy atom. The van der Waals surface area contributed by atoms with Crippen molar-refractivity contribution in [3.8, 4) is 5.75 Å². The Balaban J connectivity index is 1.76. The van der Waals surface area contributed by atoms with E-state index < -0.39 is 6.10 Å². The lowest BCUT2D eigenvalue weighted by atomic mass is 10.1. The van der Waals surface area contributed by atoms with Crippen LogP contribution < -0.4 is 9.64 Å². The number of benzene rings is 1. The highest BCUT2D eigenvalue weighted by molar-refractivity contribution is 7.13. The number of methoxy groups -OCH3 is 1. The van der Waals surface area contributed by atoms with Crippen LogP contribution in [0, 0.1) is 13.8 Å². The summed E-state index contributed by atoms with van der Waals surface area (Å²) in [6.07, 6.45) is 0.918. The number of rotatable bonds is 5. The average Bonchev–Trinajstić information content (AvgIpc) is 2.99. The van der Waals surface area contributed by atoms with Crippen LogP contribution in [0.2, 0.25) is 0 Å². The predicted molar refractivity (Wildman–Crippen MR) is 103 cm³/mol. The van der Waals surface area contributed by atoms with Crippen LogP contribution in [0.25, 0.3) is 0 Å². The van der Waals surface area contributed by atoms with E-state index in [-0.39, 0.29) is 5.91 Å². The zero-order valence-corrected chi connectivity index (χ0v) is 16.3. The molecule has 1 aromatic heterocycles. The third-order valence-electron chi connectivity index (χ3n) is 4.31. The van der Waals surface area contributed by atoms with Crippen molar-refractivity contribution in [3.63, 3.8) is 0 Å². The second-order valence-electron chi connectivity index (χ2n) is 6.22. The van der Waals surface area contributed by atoms with Gasteiger partial charge in [0.15, 0.2) is 0 Å². The molecule has 2 aromatic rings. The van der Waals surface area contributed by atoms with Crippen LogP contribution in [-0.4, -0.2) is 36.4 Å². The molecule has 0 aliphatic carbocycles. The number of aromatic nitrogens is 1. The molecule has 138 valence electrons. The van der Waals surface area contributed by atoms with E-state index in [0.717, 1.165) is 33.4 Å². The normalized spacial score (nSPS) is 18.2. The first-order chi connectivity index (χ1) is 12.5. The quantitative estimate of drug-likeness (QED) is 0.592. The number of hydrogen-bond acceptors (Lipinski definition) is 6. The summed E-state index contributed by atoms with van der Waals surface area (Å²) < 4.78 is 5.39. The monoisotopic (exact) mass is 373 g/mol. The summed E-state index contributed by atoms with van der Waals surface area (Å²) in [7, 11) is 1.61. The molecule has 26 heavy (non-hydrogen) atoms. The van der Waals surface area contributed by atoms with Gasteiger partial charge in [0.05, 0.1) is 34.1 Å². The molecule has 1 aliphatic heterocycles. The van der Waals surface area contributed by atoms with E-state index in [9.17, 15) is 4.79 Å². The van der Waals surface area contributed by atoms with Crippen molar-refractivity contribution in [2.75, 3.05) is 18.6 Å². The molecule has 0 radical (unpaired) electrons. The van der Waals surface area contributed by atoms with E-state index in [4.69, 9.17) is 9.57 Å². The first-order valence-electron chi connectivity index (χ1n) is 8.60. The lowest BCUT2D eigenvalue weighted by Gasteiger charge is -2.31. The van der Waals surface area contributed by atoms with E-state index in [0.29, 0.717) is 18.7 Å². The molecular formula is C19H23N3O3S.